The first kappa shape index (κ1) is 19.1. The Labute approximate surface area is 135 Å². The van der Waals surface area contributed by atoms with Gasteiger partial charge < -0.3 is 10.1 Å². The molecule has 0 rings (SSSR count). The maximum Gasteiger partial charge on any atom is 0.408 e. The lowest BCUT2D eigenvalue weighted by Crippen LogP contribution is -2.43. The summed E-state index contributed by atoms with van der Waals surface area (Å²) < 4.78 is 6.27. The lowest BCUT2D eigenvalue weighted by Gasteiger charge is -2.22. The molecule has 0 radical (unpaired) electrons. The van der Waals surface area contributed by atoms with Crippen LogP contribution in [0.25, 0.3) is 0 Å². The normalized spacial score (nSPS) is 14.2. The second-order valence-electron chi connectivity index (χ2n) is 5.46. The van der Waals surface area contributed by atoms with Gasteiger partial charge in [-0.3, -0.25) is 4.79 Å². The number of hydrogen-bond donors (Lipinski definition) is 1. The predicted molar refractivity (Wildman–Crippen MR) is 90.0 cm³/mol. The van der Waals surface area contributed by atoms with Crippen molar-refractivity contribution >= 4 is 34.5 Å². The van der Waals surface area contributed by atoms with Gasteiger partial charge in [0.05, 0.1) is 6.04 Å². The molecule has 0 aromatic heterocycles. The minimum Gasteiger partial charge on any atom is -0.444 e. The highest BCUT2D eigenvalue weighted by molar-refractivity contribution is 14.1. The van der Waals surface area contributed by atoms with Gasteiger partial charge >= 0.3 is 6.09 Å². The second-order valence-corrected chi connectivity index (χ2v) is 7.17. The molecule has 0 saturated heterocycles. The summed E-state index contributed by atoms with van der Waals surface area (Å²) in [6.45, 7) is 9.17. The van der Waals surface area contributed by atoms with E-state index in [0.29, 0.717) is 12.8 Å². The molecule has 0 unspecified atom stereocenters. The third-order valence-corrected chi connectivity index (χ3v) is 2.71. The van der Waals surface area contributed by atoms with Crippen molar-refractivity contribution in [2.24, 2.45) is 0 Å². The van der Waals surface area contributed by atoms with E-state index in [9.17, 15) is 9.59 Å². The van der Waals surface area contributed by atoms with Crippen LogP contribution >= 0.6 is 22.6 Å². The van der Waals surface area contributed by atoms with Crippen molar-refractivity contribution in [1.82, 2.24) is 5.32 Å². The van der Waals surface area contributed by atoms with Gasteiger partial charge in [0, 0.05) is 6.42 Å². The SMILES string of the molecule is C/C=C/CC(=O)[C@H](C/C=C(/C)I)NC(=O)OC(C)(C)C. The maximum atomic E-state index is 12.1. The van der Waals surface area contributed by atoms with E-state index in [4.69, 9.17) is 4.74 Å². The Morgan fingerprint density at radius 3 is 2.40 bits per heavy atom. The van der Waals surface area contributed by atoms with Gasteiger partial charge in [0.15, 0.2) is 5.78 Å². The largest absolute Gasteiger partial charge is 0.444 e. The van der Waals surface area contributed by atoms with E-state index in [1.165, 1.54) is 0 Å². The van der Waals surface area contributed by atoms with Crippen LogP contribution in [0.1, 0.15) is 47.5 Å². The Hall–Kier alpha value is -0.850. The van der Waals surface area contributed by atoms with Crippen LogP contribution in [0.2, 0.25) is 0 Å². The number of rotatable bonds is 6. The lowest BCUT2D eigenvalue weighted by atomic mass is 10.1. The van der Waals surface area contributed by atoms with Gasteiger partial charge in [0.2, 0.25) is 0 Å². The number of halogens is 1. The van der Waals surface area contributed by atoms with Gasteiger partial charge in [0.1, 0.15) is 5.60 Å². The van der Waals surface area contributed by atoms with Gasteiger partial charge in [-0.15, -0.1) is 0 Å². The summed E-state index contributed by atoms with van der Waals surface area (Å²) in [4.78, 5) is 23.8. The van der Waals surface area contributed by atoms with Crippen LogP contribution in [-0.4, -0.2) is 23.5 Å². The van der Waals surface area contributed by atoms with E-state index in [2.05, 4.69) is 27.9 Å². The molecule has 114 valence electrons. The Balaban J connectivity index is 4.72. The quantitative estimate of drug-likeness (QED) is 0.545. The van der Waals surface area contributed by atoms with Crippen molar-refractivity contribution in [3.63, 3.8) is 0 Å². The standard InChI is InChI=1S/C15H24INO3/c1-6-7-8-13(18)12(10-9-11(2)16)17-14(19)20-15(3,4)5/h6-7,9,12H,8,10H2,1-5H3,(H,17,19)/b7-6+,11-9-/t12-/m0/s1. The smallest absolute Gasteiger partial charge is 0.408 e. The van der Waals surface area contributed by atoms with Crippen molar-refractivity contribution in [2.75, 3.05) is 0 Å². The molecule has 20 heavy (non-hydrogen) atoms. The molecule has 1 amide bonds. The monoisotopic (exact) mass is 393 g/mol. The maximum absolute atomic E-state index is 12.1. The fourth-order valence-electron chi connectivity index (χ4n) is 1.38. The molecule has 0 heterocycles. The van der Waals surface area contributed by atoms with Crippen LogP contribution in [-0.2, 0) is 9.53 Å². The highest BCUT2D eigenvalue weighted by Gasteiger charge is 2.22. The van der Waals surface area contributed by atoms with Crippen molar-refractivity contribution in [1.29, 1.82) is 0 Å². The molecular weight excluding hydrogens is 369 g/mol. The van der Waals surface area contributed by atoms with Gasteiger partial charge in [-0.05, 0) is 67.2 Å². The zero-order chi connectivity index (χ0) is 15.8. The summed E-state index contributed by atoms with van der Waals surface area (Å²) in [5.74, 6) is -0.0251. The van der Waals surface area contributed by atoms with Crippen LogP contribution in [0, 0.1) is 0 Å². The number of hydrogen-bond acceptors (Lipinski definition) is 3. The van der Waals surface area contributed by atoms with Crippen molar-refractivity contribution in [2.45, 2.75) is 59.1 Å². The number of allylic oxidation sites excluding steroid dienone is 3. The second kappa shape index (κ2) is 9.15. The molecule has 0 saturated carbocycles. The first-order chi connectivity index (χ1) is 9.15. The average molecular weight is 393 g/mol. The van der Waals surface area contributed by atoms with Gasteiger partial charge in [0.25, 0.3) is 0 Å². The molecule has 0 bridgehead atoms. The van der Waals surface area contributed by atoms with Crippen molar-refractivity contribution in [3.8, 4) is 0 Å². The first-order valence-corrected chi connectivity index (χ1v) is 7.69. The molecule has 0 aromatic carbocycles. The molecule has 0 spiro atoms. The predicted octanol–water partition coefficient (Wildman–Crippen LogP) is 4.14. The molecular formula is C15H24INO3. The first-order valence-electron chi connectivity index (χ1n) is 6.61. The fourth-order valence-corrected chi connectivity index (χ4v) is 1.63. The molecule has 5 heteroatoms. The summed E-state index contributed by atoms with van der Waals surface area (Å²) in [5.41, 5.74) is -0.573. The topological polar surface area (TPSA) is 55.4 Å². The Morgan fingerprint density at radius 1 is 1.35 bits per heavy atom. The third-order valence-electron chi connectivity index (χ3n) is 2.27. The number of Topliss-reactive ketones (excluding diaryl/α,β-unsaturated/α-hetero) is 1. The summed E-state index contributed by atoms with van der Waals surface area (Å²) in [6, 6.07) is -0.550. The molecule has 1 atom stereocenters. The van der Waals surface area contributed by atoms with Crippen LogP contribution < -0.4 is 5.32 Å². The highest BCUT2D eigenvalue weighted by Crippen LogP contribution is 2.10. The molecule has 4 nitrogen and oxygen atoms in total. The Bertz CT molecular complexity index is 390. The van der Waals surface area contributed by atoms with Crippen LogP contribution in [0.4, 0.5) is 4.79 Å². The number of carbonyl (C=O) groups excluding carboxylic acids is 2. The van der Waals surface area contributed by atoms with E-state index < -0.39 is 17.7 Å². The van der Waals surface area contributed by atoms with E-state index >= 15 is 0 Å². The van der Waals surface area contributed by atoms with Crippen molar-refractivity contribution < 1.29 is 14.3 Å². The zero-order valence-electron chi connectivity index (χ0n) is 12.8. The van der Waals surface area contributed by atoms with E-state index in [0.717, 1.165) is 3.58 Å². The van der Waals surface area contributed by atoms with Crippen LogP contribution in [0.5, 0.6) is 0 Å². The number of alkyl carbamates (subject to hydrolysis) is 1. The summed E-state index contributed by atoms with van der Waals surface area (Å²) in [6.07, 6.45) is 5.76. The Kier molecular flexibility index (Phi) is 8.76. The number of carbonyl (C=O) groups is 2. The molecule has 0 fully saturated rings. The summed E-state index contributed by atoms with van der Waals surface area (Å²) in [7, 11) is 0. The molecule has 1 N–H and O–H groups in total. The third kappa shape index (κ3) is 10.00. The van der Waals surface area contributed by atoms with Crippen LogP contribution in [0.15, 0.2) is 21.8 Å². The highest BCUT2D eigenvalue weighted by atomic mass is 127. The molecule has 0 aromatic rings. The number of ketones is 1. The van der Waals surface area contributed by atoms with E-state index in [1.54, 1.807) is 26.8 Å². The molecule has 0 aliphatic heterocycles. The summed E-state index contributed by atoms with van der Waals surface area (Å²) in [5, 5.41) is 2.65. The molecule has 0 aliphatic carbocycles. The summed E-state index contributed by atoms with van der Waals surface area (Å²) >= 11 is 2.18. The zero-order valence-corrected chi connectivity index (χ0v) is 15.0. The fraction of sp³-hybridized carbons (Fsp3) is 0.600. The Morgan fingerprint density at radius 2 is 1.95 bits per heavy atom. The lowest BCUT2D eigenvalue weighted by molar-refractivity contribution is -0.120. The number of amides is 1. The van der Waals surface area contributed by atoms with Crippen molar-refractivity contribution in [3.05, 3.63) is 21.8 Å². The minimum absolute atomic E-state index is 0.0251. The van der Waals surface area contributed by atoms with Crippen LogP contribution in [0.3, 0.4) is 0 Å². The van der Waals surface area contributed by atoms with Gasteiger partial charge in [-0.2, -0.15) is 0 Å². The van der Waals surface area contributed by atoms with Gasteiger partial charge in [-0.25, -0.2) is 4.79 Å². The average Bonchev–Trinajstić information content (AvgIpc) is 2.28. The minimum atomic E-state index is -0.573. The molecule has 0 aliphatic rings. The van der Waals surface area contributed by atoms with Gasteiger partial charge in [-0.1, -0.05) is 18.2 Å². The van der Waals surface area contributed by atoms with E-state index in [1.807, 2.05) is 26.0 Å². The number of nitrogens with one attached hydrogen (secondary N) is 1. The van der Waals surface area contributed by atoms with E-state index in [-0.39, 0.29) is 5.78 Å². The number of ether oxygens (including phenoxy) is 1.